The number of hydrogen-bond acceptors (Lipinski definition) is 7. The van der Waals surface area contributed by atoms with E-state index >= 15 is 0 Å². The highest BCUT2D eigenvalue weighted by Crippen LogP contribution is 2.31. The summed E-state index contributed by atoms with van der Waals surface area (Å²) in [5.41, 5.74) is 8.77. The van der Waals surface area contributed by atoms with Crippen LogP contribution in [0, 0.1) is 5.82 Å². The number of nitrogens with two attached hydrogens (primary N) is 1. The second-order valence-electron chi connectivity index (χ2n) is 10.2. The molecule has 2 heterocycles. The molecule has 2 aromatic heterocycles. The van der Waals surface area contributed by atoms with E-state index in [1.807, 2.05) is 19.9 Å². The maximum absolute atomic E-state index is 14.9. The highest BCUT2D eigenvalue weighted by Gasteiger charge is 2.30. The molecule has 0 saturated heterocycles. The lowest BCUT2D eigenvalue weighted by Crippen LogP contribution is -2.33. The maximum Gasteiger partial charge on any atom is 0.390 e. The Kier molecular flexibility index (Phi) is 8.22. The summed E-state index contributed by atoms with van der Waals surface area (Å²) in [5, 5.41) is 3.39. The molecule has 0 unspecified atom stereocenters. The van der Waals surface area contributed by atoms with Crippen LogP contribution in [0.1, 0.15) is 63.0 Å². The molecular weight excluding hydrogens is 522 g/mol. The second-order valence-corrected chi connectivity index (χ2v) is 12.4. The molecule has 3 aromatic rings. The zero-order chi connectivity index (χ0) is 27.7. The van der Waals surface area contributed by atoms with Crippen LogP contribution >= 0.6 is 0 Å². The number of hydrogen-bond donors (Lipinski definition) is 2. The van der Waals surface area contributed by atoms with Crippen molar-refractivity contribution in [3.63, 3.8) is 0 Å². The van der Waals surface area contributed by atoms with E-state index in [1.165, 1.54) is 12.1 Å². The number of halogens is 4. The smallest absolute Gasteiger partial charge is 0.351 e. The molecule has 1 aliphatic rings. The summed E-state index contributed by atoms with van der Waals surface area (Å²) < 4.78 is 76.3. The number of alkyl halides is 3. The summed E-state index contributed by atoms with van der Waals surface area (Å²) in [6.45, 7) is 4.01. The van der Waals surface area contributed by atoms with Crippen LogP contribution in [0.2, 0.25) is 0 Å². The average Bonchev–Trinajstić information content (AvgIpc) is 2.84. The predicted molar refractivity (Wildman–Crippen MR) is 139 cm³/mol. The zero-order valence-corrected chi connectivity index (χ0v) is 22.0. The molecule has 1 fully saturated rings. The van der Waals surface area contributed by atoms with Crippen molar-refractivity contribution < 1.29 is 26.0 Å². The Bertz CT molecular complexity index is 1400. The number of fused-ring (bicyclic) bond motifs is 1. The molecule has 1 saturated carbocycles. The first kappa shape index (κ1) is 28.2. The molecule has 3 N–H and O–H groups in total. The SMILES string of the molecule is CC(C)c1cc(-c2ccc(CS(=O)(=O)CCC(F)(F)F)c(F)c2)nc2cnc(NC3CCC(N)CC3)nc12. The van der Waals surface area contributed by atoms with Crippen LogP contribution in [-0.4, -0.2) is 47.4 Å². The maximum atomic E-state index is 14.9. The van der Waals surface area contributed by atoms with Gasteiger partial charge in [-0.1, -0.05) is 26.0 Å². The number of nitrogens with one attached hydrogen (secondary N) is 1. The molecule has 0 aliphatic heterocycles. The Hall–Kier alpha value is -2.86. The third kappa shape index (κ3) is 7.16. The van der Waals surface area contributed by atoms with Crippen molar-refractivity contribution in [1.29, 1.82) is 0 Å². The van der Waals surface area contributed by atoms with Gasteiger partial charge in [0.15, 0.2) is 9.84 Å². The first-order chi connectivity index (χ1) is 17.8. The van der Waals surface area contributed by atoms with Gasteiger partial charge >= 0.3 is 6.18 Å². The lowest BCUT2D eigenvalue weighted by molar-refractivity contribution is -0.129. The van der Waals surface area contributed by atoms with E-state index in [-0.39, 0.29) is 23.6 Å². The Morgan fingerprint density at radius 3 is 2.45 bits per heavy atom. The lowest BCUT2D eigenvalue weighted by atomic mass is 9.92. The fourth-order valence-corrected chi connectivity index (χ4v) is 5.95. The summed E-state index contributed by atoms with van der Waals surface area (Å²) in [5.74, 6) is -2.15. The van der Waals surface area contributed by atoms with Crippen LogP contribution in [0.4, 0.5) is 23.5 Å². The van der Waals surface area contributed by atoms with Gasteiger partial charge in [0.1, 0.15) is 11.3 Å². The molecular formula is C26H31F4N5O2S. The van der Waals surface area contributed by atoms with Crippen molar-refractivity contribution in [1.82, 2.24) is 15.0 Å². The van der Waals surface area contributed by atoms with Gasteiger partial charge in [0, 0.05) is 23.2 Å². The third-order valence-corrected chi connectivity index (χ3v) is 8.30. The molecule has 206 valence electrons. The first-order valence-corrected chi connectivity index (χ1v) is 14.4. The fourth-order valence-electron chi connectivity index (χ4n) is 4.56. The minimum Gasteiger partial charge on any atom is -0.351 e. The van der Waals surface area contributed by atoms with Gasteiger partial charge in [0.2, 0.25) is 5.95 Å². The second kappa shape index (κ2) is 11.1. The molecule has 0 radical (unpaired) electrons. The summed E-state index contributed by atoms with van der Waals surface area (Å²) >= 11 is 0. The molecule has 38 heavy (non-hydrogen) atoms. The summed E-state index contributed by atoms with van der Waals surface area (Å²) in [6, 6.07) is 6.24. The molecule has 1 aromatic carbocycles. The molecule has 0 bridgehead atoms. The quantitative estimate of drug-likeness (QED) is 0.354. The molecule has 0 amide bonds. The topological polar surface area (TPSA) is 111 Å². The largest absolute Gasteiger partial charge is 0.390 e. The molecule has 4 rings (SSSR count). The van der Waals surface area contributed by atoms with Crippen LogP contribution in [0.25, 0.3) is 22.3 Å². The van der Waals surface area contributed by atoms with Crippen molar-refractivity contribution in [2.24, 2.45) is 5.73 Å². The van der Waals surface area contributed by atoms with Gasteiger partial charge in [0.05, 0.1) is 35.3 Å². The zero-order valence-electron chi connectivity index (χ0n) is 21.2. The van der Waals surface area contributed by atoms with E-state index < -0.39 is 39.8 Å². The van der Waals surface area contributed by atoms with Crippen LogP contribution in [0.3, 0.4) is 0 Å². The van der Waals surface area contributed by atoms with Gasteiger partial charge in [-0.05, 0) is 49.3 Å². The Morgan fingerprint density at radius 2 is 1.82 bits per heavy atom. The number of nitrogens with zero attached hydrogens (tertiary/aromatic N) is 3. The predicted octanol–water partition coefficient (Wildman–Crippen LogP) is 5.50. The van der Waals surface area contributed by atoms with Crippen molar-refractivity contribution in [3.05, 3.63) is 47.4 Å². The van der Waals surface area contributed by atoms with E-state index in [1.54, 1.807) is 6.20 Å². The average molecular weight is 554 g/mol. The molecule has 0 atom stereocenters. The van der Waals surface area contributed by atoms with Gasteiger partial charge in [-0.3, -0.25) is 0 Å². The van der Waals surface area contributed by atoms with Gasteiger partial charge in [-0.25, -0.2) is 27.8 Å². The highest BCUT2D eigenvalue weighted by molar-refractivity contribution is 7.90. The number of anilines is 1. The Balaban J connectivity index is 1.59. The summed E-state index contributed by atoms with van der Waals surface area (Å²) in [4.78, 5) is 13.7. The number of aromatic nitrogens is 3. The monoisotopic (exact) mass is 553 g/mol. The Morgan fingerprint density at radius 1 is 1.11 bits per heavy atom. The van der Waals surface area contributed by atoms with Gasteiger partial charge in [-0.15, -0.1) is 0 Å². The highest BCUT2D eigenvalue weighted by atomic mass is 32.2. The first-order valence-electron chi connectivity index (χ1n) is 12.6. The number of pyridine rings is 1. The van der Waals surface area contributed by atoms with Gasteiger partial charge in [0.25, 0.3) is 0 Å². The Labute approximate surface area is 219 Å². The van der Waals surface area contributed by atoms with Crippen LogP contribution in [-0.2, 0) is 15.6 Å². The lowest BCUT2D eigenvalue weighted by Gasteiger charge is -2.26. The number of sulfone groups is 1. The molecule has 12 heteroatoms. The van der Waals surface area contributed by atoms with Crippen LogP contribution in [0.15, 0.2) is 30.5 Å². The van der Waals surface area contributed by atoms with Crippen LogP contribution < -0.4 is 11.1 Å². The van der Waals surface area contributed by atoms with Crippen molar-refractivity contribution in [3.8, 4) is 11.3 Å². The van der Waals surface area contributed by atoms with Gasteiger partial charge < -0.3 is 11.1 Å². The van der Waals surface area contributed by atoms with E-state index in [0.717, 1.165) is 37.3 Å². The van der Waals surface area contributed by atoms with Gasteiger partial charge in [-0.2, -0.15) is 13.2 Å². The van der Waals surface area contributed by atoms with E-state index in [9.17, 15) is 26.0 Å². The molecule has 7 nitrogen and oxygen atoms in total. The van der Waals surface area contributed by atoms with E-state index in [0.29, 0.717) is 28.2 Å². The van der Waals surface area contributed by atoms with E-state index in [4.69, 9.17) is 10.7 Å². The van der Waals surface area contributed by atoms with Crippen molar-refractivity contribution in [2.75, 3.05) is 11.1 Å². The normalized spacial score (nSPS) is 18.7. The fraction of sp³-hybridized carbons (Fsp3) is 0.500. The number of benzene rings is 1. The number of rotatable bonds is 8. The van der Waals surface area contributed by atoms with E-state index in [2.05, 4.69) is 15.3 Å². The third-order valence-electron chi connectivity index (χ3n) is 6.72. The standard InChI is InChI=1S/C26H31F4N5O2S/c1-15(2)20-12-22(16-3-4-17(21(27)11-16)14-38(36,37)10-9-26(28,29)30)34-23-13-32-25(35-24(20)23)33-19-7-5-18(31)6-8-19/h3-4,11-13,15,18-19H,5-10,14,31H2,1-2H3,(H,32,33,35). The molecule has 1 aliphatic carbocycles. The minimum atomic E-state index is -4.60. The minimum absolute atomic E-state index is 0.0672. The van der Waals surface area contributed by atoms with Crippen molar-refractivity contribution >= 4 is 26.8 Å². The summed E-state index contributed by atoms with van der Waals surface area (Å²) in [6.07, 6.45) is -0.668. The van der Waals surface area contributed by atoms with Crippen LogP contribution in [0.5, 0.6) is 0 Å². The summed E-state index contributed by atoms with van der Waals surface area (Å²) in [7, 11) is -4.14. The van der Waals surface area contributed by atoms with Crippen molar-refractivity contribution in [2.45, 2.75) is 75.9 Å². The molecule has 0 spiro atoms.